The first-order chi connectivity index (χ1) is 11.7. The summed E-state index contributed by atoms with van der Waals surface area (Å²) in [4.78, 5) is 16.5. The third-order valence-electron chi connectivity index (χ3n) is 4.92. The Kier molecular flexibility index (Phi) is 3.77. The lowest BCUT2D eigenvalue weighted by Crippen LogP contribution is -2.30. The van der Waals surface area contributed by atoms with E-state index < -0.39 is 0 Å². The SMILES string of the molecule is COC(=O)c1ccc(Cl)c2c1[C@H]1C=CC[C@H]1[C@H](c1cccnc1)N2. The Morgan fingerprint density at radius 2 is 2.25 bits per heavy atom. The van der Waals surface area contributed by atoms with E-state index in [1.807, 2.05) is 12.3 Å². The number of halogens is 1. The number of hydrogen-bond acceptors (Lipinski definition) is 4. The van der Waals surface area contributed by atoms with Gasteiger partial charge in [0.25, 0.3) is 0 Å². The van der Waals surface area contributed by atoms with Gasteiger partial charge in [-0.1, -0.05) is 29.8 Å². The molecule has 0 saturated heterocycles. The molecule has 5 heteroatoms. The second-order valence-electron chi connectivity index (χ2n) is 6.14. The lowest BCUT2D eigenvalue weighted by Gasteiger charge is -2.38. The Morgan fingerprint density at radius 3 is 3.00 bits per heavy atom. The number of nitrogens with zero attached hydrogens (tertiary/aromatic N) is 1. The summed E-state index contributed by atoms with van der Waals surface area (Å²) in [5, 5.41) is 4.17. The van der Waals surface area contributed by atoms with E-state index in [0.29, 0.717) is 16.5 Å². The number of methoxy groups -OCH3 is 1. The molecule has 0 saturated carbocycles. The molecule has 24 heavy (non-hydrogen) atoms. The quantitative estimate of drug-likeness (QED) is 0.652. The van der Waals surface area contributed by atoms with Crippen molar-refractivity contribution < 1.29 is 9.53 Å². The Morgan fingerprint density at radius 1 is 1.38 bits per heavy atom. The van der Waals surface area contributed by atoms with Crippen molar-refractivity contribution in [2.75, 3.05) is 12.4 Å². The van der Waals surface area contributed by atoms with Gasteiger partial charge in [0.15, 0.2) is 0 Å². The molecule has 0 radical (unpaired) electrons. The van der Waals surface area contributed by atoms with Gasteiger partial charge in [0, 0.05) is 18.3 Å². The third kappa shape index (κ3) is 2.29. The summed E-state index contributed by atoms with van der Waals surface area (Å²) >= 11 is 6.45. The monoisotopic (exact) mass is 340 g/mol. The number of ether oxygens (including phenoxy) is 1. The van der Waals surface area contributed by atoms with Gasteiger partial charge in [-0.05, 0) is 41.7 Å². The van der Waals surface area contributed by atoms with E-state index in [4.69, 9.17) is 16.3 Å². The molecule has 0 spiro atoms. The van der Waals surface area contributed by atoms with Crippen LogP contribution in [0.25, 0.3) is 0 Å². The maximum absolute atomic E-state index is 12.2. The van der Waals surface area contributed by atoms with Gasteiger partial charge in [-0.15, -0.1) is 0 Å². The van der Waals surface area contributed by atoms with E-state index in [-0.39, 0.29) is 17.9 Å². The normalized spacial score (nSPS) is 24.0. The number of rotatable bonds is 2. The van der Waals surface area contributed by atoms with Crippen LogP contribution in [0, 0.1) is 5.92 Å². The summed E-state index contributed by atoms with van der Waals surface area (Å²) in [7, 11) is 1.40. The fourth-order valence-electron chi connectivity index (χ4n) is 3.85. The van der Waals surface area contributed by atoms with Gasteiger partial charge < -0.3 is 10.1 Å². The van der Waals surface area contributed by atoms with Gasteiger partial charge in [-0.2, -0.15) is 0 Å². The lowest BCUT2D eigenvalue weighted by atomic mass is 9.75. The Labute approximate surface area is 145 Å². The highest BCUT2D eigenvalue weighted by Crippen LogP contribution is 2.52. The molecule has 122 valence electrons. The molecule has 0 bridgehead atoms. The van der Waals surface area contributed by atoms with E-state index in [0.717, 1.165) is 23.2 Å². The molecule has 1 aliphatic heterocycles. The largest absolute Gasteiger partial charge is 0.465 e. The van der Waals surface area contributed by atoms with Crippen molar-refractivity contribution >= 4 is 23.3 Å². The highest BCUT2D eigenvalue weighted by Gasteiger charge is 2.41. The average Bonchev–Trinajstić information content (AvgIpc) is 3.11. The number of carbonyl (C=O) groups excluding carboxylic acids is 1. The average molecular weight is 341 g/mol. The van der Waals surface area contributed by atoms with Crippen LogP contribution in [-0.2, 0) is 4.74 Å². The van der Waals surface area contributed by atoms with Crippen molar-refractivity contribution in [1.29, 1.82) is 0 Å². The fraction of sp³-hybridized carbons (Fsp3) is 0.263. The molecule has 1 aliphatic carbocycles. The third-order valence-corrected chi connectivity index (χ3v) is 5.23. The first-order valence-electron chi connectivity index (χ1n) is 7.94. The lowest BCUT2D eigenvalue weighted by molar-refractivity contribution is 0.0598. The summed E-state index contributed by atoms with van der Waals surface area (Å²) in [5.41, 5.74) is 3.46. The Bertz CT molecular complexity index is 820. The molecule has 2 heterocycles. The number of nitrogens with one attached hydrogen (secondary N) is 1. The summed E-state index contributed by atoms with van der Waals surface area (Å²) in [6.45, 7) is 0. The zero-order chi connectivity index (χ0) is 16.7. The Balaban J connectivity index is 1.87. The molecule has 1 aromatic carbocycles. The minimum atomic E-state index is -0.330. The van der Waals surface area contributed by atoms with Crippen LogP contribution in [0.2, 0.25) is 5.02 Å². The predicted octanol–water partition coefficient (Wildman–Crippen LogP) is 4.35. The number of carbonyl (C=O) groups is 1. The van der Waals surface area contributed by atoms with Crippen LogP contribution in [0.1, 0.15) is 39.9 Å². The molecule has 1 N–H and O–H groups in total. The first kappa shape index (κ1) is 15.2. The number of fused-ring (bicyclic) bond motifs is 3. The summed E-state index contributed by atoms with van der Waals surface area (Å²) in [6.07, 6.45) is 8.96. The maximum Gasteiger partial charge on any atom is 0.338 e. The van der Waals surface area contributed by atoms with Crippen molar-refractivity contribution in [1.82, 2.24) is 4.98 Å². The second-order valence-corrected chi connectivity index (χ2v) is 6.54. The fourth-order valence-corrected chi connectivity index (χ4v) is 4.07. The zero-order valence-corrected chi connectivity index (χ0v) is 14.0. The van der Waals surface area contributed by atoms with Gasteiger partial charge >= 0.3 is 5.97 Å². The smallest absolute Gasteiger partial charge is 0.338 e. The molecule has 0 fully saturated rings. The minimum Gasteiger partial charge on any atom is -0.465 e. The summed E-state index contributed by atoms with van der Waals surface area (Å²) < 4.78 is 4.96. The van der Waals surface area contributed by atoms with Crippen LogP contribution in [0.5, 0.6) is 0 Å². The standard InChI is InChI=1S/C19H17ClN2O2/c1-24-19(23)14-7-8-15(20)18-16(14)12-5-2-6-13(12)17(22-18)11-4-3-9-21-10-11/h2-5,7-10,12-13,17,22H,6H2,1H3/t12-,13+,17-/m0/s1. The van der Waals surface area contributed by atoms with E-state index in [2.05, 4.69) is 28.5 Å². The van der Waals surface area contributed by atoms with Gasteiger partial charge in [-0.3, -0.25) is 4.98 Å². The summed E-state index contributed by atoms with van der Waals surface area (Å²) in [6, 6.07) is 7.62. The van der Waals surface area contributed by atoms with Crippen molar-refractivity contribution in [3.63, 3.8) is 0 Å². The number of benzene rings is 1. The maximum atomic E-state index is 12.2. The highest BCUT2D eigenvalue weighted by molar-refractivity contribution is 6.33. The highest BCUT2D eigenvalue weighted by atomic mass is 35.5. The topological polar surface area (TPSA) is 51.2 Å². The molecule has 1 aromatic heterocycles. The van der Waals surface area contributed by atoms with Crippen molar-refractivity contribution in [2.45, 2.75) is 18.4 Å². The molecule has 2 aromatic rings. The van der Waals surface area contributed by atoms with Crippen molar-refractivity contribution in [3.8, 4) is 0 Å². The molecule has 2 aliphatic rings. The van der Waals surface area contributed by atoms with Gasteiger partial charge in [0.05, 0.1) is 29.4 Å². The first-order valence-corrected chi connectivity index (χ1v) is 8.32. The predicted molar refractivity (Wildman–Crippen MR) is 93.4 cm³/mol. The Hall–Kier alpha value is -2.33. The van der Waals surface area contributed by atoms with Crippen LogP contribution in [0.4, 0.5) is 5.69 Å². The van der Waals surface area contributed by atoms with E-state index in [1.165, 1.54) is 7.11 Å². The van der Waals surface area contributed by atoms with E-state index in [1.54, 1.807) is 18.3 Å². The zero-order valence-electron chi connectivity index (χ0n) is 13.2. The number of esters is 1. The summed E-state index contributed by atoms with van der Waals surface area (Å²) in [5.74, 6) is 0.131. The molecule has 4 rings (SSSR count). The number of aromatic nitrogens is 1. The van der Waals surface area contributed by atoms with Gasteiger partial charge in [0.2, 0.25) is 0 Å². The number of pyridine rings is 1. The molecule has 4 nitrogen and oxygen atoms in total. The van der Waals surface area contributed by atoms with Crippen LogP contribution >= 0.6 is 11.6 Å². The molecule has 3 atom stereocenters. The molecule has 0 unspecified atom stereocenters. The second kappa shape index (κ2) is 5.95. The van der Waals surface area contributed by atoms with Crippen molar-refractivity contribution in [2.24, 2.45) is 5.92 Å². The van der Waals surface area contributed by atoms with Crippen LogP contribution in [-0.4, -0.2) is 18.1 Å². The van der Waals surface area contributed by atoms with Crippen LogP contribution in [0.3, 0.4) is 0 Å². The molecule has 0 amide bonds. The minimum absolute atomic E-state index is 0.108. The van der Waals surface area contributed by atoms with Crippen LogP contribution < -0.4 is 5.32 Å². The van der Waals surface area contributed by atoms with E-state index >= 15 is 0 Å². The van der Waals surface area contributed by atoms with Crippen LogP contribution in [0.15, 0.2) is 48.8 Å². The van der Waals surface area contributed by atoms with Gasteiger partial charge in [-0.25, -0.2) is 4.79 Å². The number of allylic oxidation sites excluding steroid dienone is 2. The number of hydrogen-bond donors (Lipinski definition) is 1. The molecular formula is C19H17ClN2O2. The van der Waals surface area contributed by atoms with E-state index in [9.17, 15) is 4.79 Å². The number of anilines is 1. The molecular weight excluding hydrogens is 324 g/mol. The van der Waals surface area contributed by atoms with Crippen molar-refractivity contribution in [3.05, 3.63) is 70.5 Å². The van der Waals surface area contributed by atoms with Gasteiger partial charge in [0.1, 0.15) is 0 Å².